The van der Waals surface area contributed by atoms with Crippen LogP contribution in [0.1, 0.15) is 25.6 Å². The molecule has 0 atom stereocenters. The fourth-order valence-corrected chi connectivity index (χ4v) is 2.89. The first kappa shape index (κ1) is 19.4. The van der Waals surface area contributed by atoms with Crippen molar-refractivity contribution in [3.05, 3.63) is 36.3 Å². The molecular formula is C17H14F5N5O2. The maximum Gasteiger partial charge on any atom is 0.418 e. The number of aromatic nitrogens is 5. The van der Waals surface area contributed by atoms with Crippen LogP contribution in [0, 0.1) is 5.82 Å². The Kier molecular flexibility index (Phi) is 4.60. The third kappa shape index (κ3) is 3.71. The molecule has 29 heavy (non-hydrogen) atoms. The molecule has 1 fully saturated rings. The largest absolute Gasteiger partial charge is 0.472 e. The topological polar surface area (TPSA) is 74.4 Å². The van der Waals surface area contributed by atoms with Crippen molar-refractivity contribution in [2.75, 3.05) is 6.61 Å². The summed E-state index contributed by atoms with van der Waals surface area (Å²) in [6, 6.07) is 1.03. The number of hydrogen-bond donors (Lipinski definition) is 0. The van der Waals surface area contributed by atoms with Crippen LogP contribution in [-0.4, -0.2) is 43.2 Å². The number of nitrogens with zero attached hydrogens (tertiary/aromatic N) is 5. The van der Waals surface area contributed by atoms with Crippen LogP contribution in [0.5, 0.6) is 5.88 Å². The number of ether oxygens (including phenoxy) is 2. The molecule has 0 amide bonds. The van der Waals surface area contributed by atoms with Gasteiger partial charge in [0.1, 0.15) is 6.10 Å². The molecule has 0 radical (unpaired) electrons. The quantitative estimate of drug-likeness (QED) is 0.573. The first-order valence-corrected chi connectivity index (χ1v) is 8.62. The lowest BCUT2D eigenvalue weighted by molar-refractivity contribution is -0.251. The Morgan fingerprint density at radius 3 is 2.62 bits per heavy atom. The molecule has 0 unspecified atom stereocenters. The van der Waals surface area contributed by atoms with Gasteiger partial charge in [-0.05, 0) is 13.0 Å². The zero-order valence-electron chi connectivity index (χ0n) is 15.0. The Morgan fingerprint density at radius 2 is 1.97 bits per heavy atom. The van der Waals surface area contributed by atoms with Gasteiger partial charge in [-0.1, -0.05) is 0 Å². The lowest BCUT2D eigenvalue weighted by Crippen LogP contribution is -2.43. The second-order valence-electron chi connectivity index (χ2n) is 6.49. The normalized spacial score (nSPS) is 16.8. The van der Waals surface area contributed by atoms with Crippen molar-refractivity contribution in [3.8, 4) is 17.1 Å². The molecule has 1 saturated carbocycles. The van der Waals surface area contributed by atoms with E-state index >= 15 is 0 Å². The minimum atomic E-state index is -3.68. The number of fused-ring (bicyclic) bond motifs is 1. The van der Waals surface area contributed by atoms with Gasteiger partial charge in [0.2, 0.25) is 5.82 Å². The lowest BCUT2D eigenvalue weighted by atomic mass is 9.91. The van der Waals surface area contributed by atoms with Gasteiger partial charge in [0, 0.05) is 30.8 Å². The molecule has 1 aliphatic carbocycles. The maximum atomic E-state index is 14.3. The molecule has 4 rings (SSSR count). The van der Waals surface area contributed by atoms with Crippen molar-refractivity contribution in [3.63, 3.8) is 0 Å². The van der Waals surface area contributed by atoms with Crippen LogP contribution in [0.2, 0.25) is 0 Å². The van der Waals surface area contributed by atoms with E-state index in [1.165, 1.54) is 25.5 Å². The minimum absolute atomic E-state index is 0.0439. The van der Waals surface area contributed by atoms with E-state index in [4.69, 9.17) is 4.74 Å². The van der Waals surface area contributed by atoms with E-state index in [1.807, 2.05) is 0 Å². The van der Waals surface area contributed by atoms with Crippen LogP contribution in [-0.2, 0) is 10.8 Å². The summed E-state index contributed by atoms with van der Waals surface area (Å²) in [5.41, 5.74) is 0.316. The van der Waals surface area contributed by atoms with Gasteiger partial charge >= 0.3 is 6.11 Å². The first-order chi connectivity index (χ1) is 13.7. The highest BCUT2D eigenvalue weighted by Crippen LogP contribution is 2.40. The van der Waals surface area contributed by atoms with Crippen LogP contribution >= 0.6 is 0 Å². The highest BCUT2D eigenvalue weighted by molar-refractivity contribution is 5.59. The monoisotopic (exact) mass is 415 g/mol. The molecule has 0 bridgehead atoms. The predicted octanol–water partition coefficient (Wildman–Crippen LogP) is 3.59. The fourth-order valence-electron chi connectivity index (χ4n) is 2.89. The van der Waals surface area contributed by atoms with Crippen LogP contribution in [0.25, 0.3) is 16.9 Å². The summed E-state index contributed by atoms with van der Waals surface area (Å²) in [4.78, 5) is 7.84. The van der Waals surface area contributed by atoms with Gasteiger partial charge in [0.25, 0.3) is 11.8 Å². The highest BCUT2D eigenvalue weighted by atomic mass is 19.3. The van der Waals surface area contributed by atoms with Crippen LogP contribution in [0.4, 0.5) is 22.0 Å². The van der Waals surface area contributed by atoms with Crippen LogP contribution in [0.15, 0.2) is 24.7 Å². The third-order valence-corrected chi connectivity index (χ3v) is 4.31. The van der Waals surface area contributed by atoms with E-state index in [0.29, 0.717) is 0 Å². The van der Waals surface area contributed by atoms with E-state index in [2.05, 4.69) is 24.9 Å². The molecule has 7 nitrogen and oxygen atoms in total. The average molecular weight is 415 g/mol. The lowest BCUT2D eigenvalue weighted by Gasteiger charge is -2.34. The summed E-state index contributed by atoms with van der Waals surface area (Å²) >= 11 is 0. The molecule has 154 valence electrons. The highest BCUT2D eigenvalue weighted by Gasteiger charge is 2.47. The second-order valence-corrected chi connectivity index (χ2v) is 6.49. The second kappa shape index (κ2) is 6.87. The number of rotatable bonds is 6. The van der Waals surface area contributed by atoms with E-state index in [-0.39, 0.29) is 23.5 Å². The number of halogens is 5. The van der Waals surface area contributed by atoms with E-state index in [1.54, 1.807) is 0 Å². The zero-order valence-corrected chi connectivity index (χ0v) is 15.0. The molecule has 3 aromatic rings. The Balaban J connectivity index is 1.62. The van der Waals surface area contributed by atoms with E-state index in [0.717, 1.165) is 10.5 Å². The number of hydrogen-bond acceptors (Lipinski definition) is 6. The van der Waals surface area contributed by atoms with Gasteiger partial charge in [0.15, 0.2) is 11.5 Å². The average Bonchev–Trinajstić information content (AvgIpc) is 3.06. The molecule has 0 aliphatic heterocycles. The van der Waals surface area contributed by atoms with Crippen molar-refractivity contribution in [2.45, 2.75) is 37.9 Å². The smallest absolute Gasteiger partial charge is 0.418 e. The standard InChI is InChI=1S/C17H14F5N5O2/c1-2-28-17(21,22)15-26-25-13-7-23-12(8-27(13)15)9-3-11(18)14(24-6-9)29-10-4-16(19,20)5-10/h3,6-8,10H,2,4-5H2,1H3. The number of alkyl halides is 4. The number of pyridine rings is 1. The van der Waals surface area contributed by atoms with Gasteiger partial charge in [-0.15, -0.1) is 10.2 Å². The summed E-state index contributed by atoms with van der Waals surface area (Å²) in [6.45, 7) is 1.16. The molecule has 0 spiro atoms. The third-order valence-electron chi connectivity index (χ3n) is 4.31. The summed E-state index contributed by atoms with van der Waals surface area (Å²) in [5, 5.41) is 7.05. The molecular weight excluding hydrogens is 401 g/mol. The van der Waals surface area contributed by atoms with E-state index in [9.17, 15) is 22.0 Å². The minimum Gasteiger partial charge on any atom is -0.472 e. The van der Waals surface area contributed by atoms with Crippen molar-refractivity contribution >= 4 is 5.65 Å². The molecule has 12 heteroatoms. The molecule has 3 heterocycles. The summed E-state index contributed by atoms with van der Waals surface area (Å²) in [5.74, 6) is -4.86. The summed E-state index contributed by atoms with van der Waals surface area (Å²) in [7, 11) is 0. The van der Waals surface area contributed by atoms with Crippen molar-refractivity contribution in [1.29, 1.82) is 0 Å². The van der Waals surface area contributed by atoms with Gasteiger partial charge in [0.05, 0.1) is 18.5 Å². The van der Waals surface area contributed by atoms with Gasteiger partial charge in [-0.2, -0.15) is 8.78 Å². The van der Waals surface area contributed by atoms with Crippen molar-refractivity contribution in [2.24, 2.45) is 0 Å². The Morgan fingerprint density at radius 1 is 1.21 bits per heavy atom. The fraction of sp³-hybridized carbons (Fsp3) is 0.412. The molecule has 0 N–H and O–H groups in total. The SMILES string of the molecule is CCOC(F)(F)c1nnc2cnc(-c3cnc(OC4CC(F)(F)C4)c(F)c3)cn12. The maximum absolute atomic E-state index is 14.3. The van der Waals surface area contributed by atoms with E-state index < -0.39 is 48.5 Å². The first-order valence-electron chi connectivity index (χ1n) is 8.62. The van der Waals surface area contributed by atoms with Crippen molar-refractivity contribution < 1.29 is 31.4 Å². The molecule has 1 aliphatic rings. The van der Waals surface area contributed by atoms with Gasteiger partial charge in [-0.25, -0.2) is 18.2 Å². The molecule has 0 aromatic carbocycles. The van der Waals surface area contributed by atoms with Crippen LogP contribution in [0.3, 0.4) is 0 Å². The summed E-state index contributed by atoms with van der Waals surface area (Å²) in [6.07, 6.45) is -1.91. The van der Waals surface area contributed by atoms with Gasteiger partial charge in [-0.3, -0.25) is 9.38 Å². The Labute approximate surface area is 160 Å². The van der Waals surface area contributed by atoms with Gasteiger partial charge < -0.3 is 9.47 Å². The van der Waals surface area contributed by atoms with Crippen LogP contribution < -0.4 is 4.74 Å². The van der Waals surface area contributed by atoms with Crippen molar-refractivity contribution in [1.82, 2.24) is 24.6 Å². The Bertz CT molecular complexity index is 1050. The molecule has 3 aromatic heterocycles. The summed E-state index contributed by atoms with van der Waals surface area (Å²) < 4.78 is 78.7. The predicted molar refractivity (Wildman–Crippen MR) is 88.1 cm³/mol. The Hall–Kier alpha value is -2.89. The molecule has 0 saturated heterocycles. The zero-order chi connectivity index (χ0) is 20.8.